The van der Waals surface area contributed by atoms with Crippen molar-refractivity contribution in [2.45, 2.75) is 19.8 Å². The molecule has 0 aliphatic carbocycles. The number of hydrogen-bond acceptors (Lipinski definition) is 7. The van der Waals surface area contributed by atoms with Crippen molar-refractivity contribution in [3.05, 3.63) is 73.7 Å². The lowest BCUT2D eigenvalue weighted by molar-refractivity contribution is -0.176. The zero-order valence-electron chi connectivity index (χ0n) is 15.8. The van der Waals surface area contributed by atoms with Crippen molar-refractivity contribution >= 4 is 46.2 Å². The maximum absolute atomic E-state index is 12.4. The van der Waals surface area contributed by atoms with Crippen LogP contribution in [0.15, 0.2) is 51.4 Å². The molecule has 1 aromatic heterocycles. The summed E-state index contributed by atoms with van der Waals surface area (Å²) in [5.74, 6) is -2.73. The molecule has 3 aromatic rings. The SMILES string of the molecule is CC.O=CC(C1=C(O)c2cc(Cl)ccc2OO1)c1c(O)c2cc(Cl)ccc2oc1=O. The molecule has 1 aliphatic rings. The van der Waals surface area contributed by atoms with Gasteiger partial charge >= 0.3 is 5.63 Å². The highest BCUT2D eigenvalue weighted by molar-refractivity contribution is 6.31. The Morgan fingerprint density at radius 1 is 1.00 bits per heavy atom. The van der Waals surface area contributed by atoms with Gasteiger partial charge in [-0.1, -0.05) is 37.0 Å². The Morgan fingerprint density at radius 3 is 2.37 bits per heavy atom. The molecule has 7 nitrogen and oxygen atoms in total. The fourth-order valence-corrected chi connectivity index (χ4v) is 3.27. The lowest BCUT2D eigenvalue weighted by atomic mass is 9.95. The van der Waals surface area contributed by atoms with E-state index in [9.17, 15) is 19.8 Å². The van der Waals surface area contributed by atoms with Crippen molar-refractivity contribution in [2.75, 3.05) is 0 Å². The Hall–Kier alpha value is -3.16. The summed E-state index contributed by atoms with van der Waals surface area (Å²) in [7, 11) is 0. The van der Waals surface area contributed by atoms with E-state index in [2.05, 4.69) is 0 Å². The van der Waals surface area contributed by atoms with Gasteiger partial charge in [0.2, 0.25) is 5.76 Å². The number of fused-ring (bicyclic) bond motifs is 2. The first-order chi connectivity index (χ1) is 14.4. The average Bonchev–Trinajstić information content (AvgIpc) is 2.74. The van der Waals surface area contributed by atoms with E-state index in [4.69, 9.17) is 37.4 Å². The van der Waals surface area contributed by atoms with Gasteiger partial charge in [0.05, 0.1) is 16.5 Å². The zero-order chi connectivity index (χ0) is 22.0. The van der Waals surface area contributed by atoms with Crippen LogP contribution in [0.25, 0.3) is 16.7 Å². The Bertz CT molecular complexity index is 1210. The third-order valence-electron chi connectivity index (χ3n) is 4.26. The summed E-state index contributed by atoms with van der Waals surface area (Å²) in [4.78, 5) is 34.4. The minimum atomic E-state index is -1.51. The van der Waals surface area contributed by atoms with Crippen LogP contribution in [-0.4, -0.2) is 16.5 Å². The van der Waals surface area contributed by atoms with Gasteiger partial charge in [-0.2, -0.15) is 0 Å². The van der Waals surface area contributed by atoms with Crippen LogP contribution in [0.4, 0.5) is 0 Å². The predicted molar refractivity (Wildman–Crippen MR) is 112 cm³/mol. The number of aliphatic hydroxyl groups excluding tert-OH is 1. The Labute approximate surface area is 180 Å². The fourth-order valence-electron chi connectivity index (χ4n) is 2.93. The maximum atomic E-state index is 12.4. The highest BCUT2D eigenvalue weighted by atomic mass is 35.5. The van der Waals surface area contributed by atoms with Crippen LogP contribution in [0.5, 0.6) is 11.5 Å². The van der Waals surface area contributed by atoms with E-state index in [1.807, 2.05) is 13.8 Å². The van der Waals surface area contributed by atoms with E-state index in [0.717, 1.165) is 0 Å². The molecule has 156 valence electrons. The van der Waals surface area contributed by atoms with Crippen molar-refractivity contribution < 1.29 is 29.2 Å². The maximum Gasteiger partial charge on any atom is 0.344 e. The molecule has 0 spiro atoms. The van der Waals surface area contributed by atoms with E-state index >= 15 is 0 Å². The second-order valence-electron chi connectivity index (χ2n) is 5.93. The second kappa shape index (κ2) is 8.69. The lowest BCUT2D eigenvalue weighted by Crippen LogP contribution is -2.21. The monoisotopic (exact) mass is 450 g/mol. The average molecular weight is 451 g/mol. The number of benzene rings is 2. The first-order valence-corrected chi connectivity index (χ1v) is 9.64. The summed E-state index contributed by atoms with van der Waals surface area (Å²) in [5, 5.41) is 21.9. The molecule has 0 fully saturated rings. The van der Waals surface area contributed by atoms with E-state index in [1.165, 1.54) is 36.4 Å². The van der Waals surface area contributed by atoms with E-state index in [1.54, 1.807) is 0 Å². The smallest absolute Gasteiger partial charge is 0.344 e. The van der Waals surface area contributed by atoms with Gasteiger partial charge in [-0.3, -0.25) is 9.78 Å². The third kappa shape index (κ3) is 3.69. The number of carbonyl (C=O) groups excluding carboxylic acids is 1. The van der Waals surface area contributed by atoms with Crippen molar-refractivity contribution in [3.63, 3.8) is 0 Å². The Kier molecular flexibility index (Phi) is 6.24. The molecule has 0 radical (unpaired) electrons. The number of hydrogen-bond donors (Lipinski definition) is 2. The van der Waals surface area contributed by atoms with Gasteiger partial charge in [0, 0.05) is 10.0 Å². The Balaban J connectivity index is 0.00000124. The molecule has 9 heteroatoms. The molecule has 0 amide bonds. The van der Waals surface area contributed by atoms with Gasteiger partial charge < -0.3 is 19.4 Å². The lowest BCUT2D eigenvalue weighted by Gasteiger charge is -2.22. The van der Waals surface area contributed by atoms with Gasteiger partial charge in [-0.25, -0.2) is 4.79 Å². The van der Waals surface area contributed by atoms with Crippen molar-refractivity contribution in [1.29, 1.82) is 0 Å². The second-order valence-corrected chi connectivity index (χ2v) is 6.80. The normalized spacial score (nSPS) is 13.5. The molecule has 0 saturated heterocycles. The number of rotatable bonds is 3. The number of aliphatic hydroxyl groups is 1. The topological polar surface area (TPSA) is 106 Å². The molecule has 1 atom stereocenters. The van der Waals surface area contributed by atoms with Crippen LogP contribution in [0.3, 0.4) is 0 Å². The van der Waals surface area contributed by atoms with Crippen LogP contribution >= 0.6 is 23.2 Å². The summed E-state index contributed by atoms with van der Waals surface area (Å²) in [6.45, 7) is 4.00. The summed E-state index contributed by atoms with van der Waals surface area (Å²) < 4.78 is 5.17. The third-order valence-corrected chi connectivity index (χ3v) is 4.73. The largest absolute Gasteiger partial charge is 0.507 e. The number of halogens is 2. The van der Waals surface area contributed by atoms with Gasteiger partial charge in [0.25, 0.3) is 0 Å². The minimum Gasteiger partial charge on any atom is -0.507 e. The van der Waals surface area contributed by atoms with E-state index in [0.29, 0.717) is 11.3 Å². The predicted octanol–water partition coefficient (Wildman–Crippen LogP) is 5.36. The van der Waals surface area contributed by atoms with Crippen molar-refractivity contribution in [3.8, 4) is 11.5 Å². The van der Waals surface area contributed by atoms with Crippen molar-refractivity contribution in [2.24, 2.45) is 0 Å². The quantitative estimate of drug-likeness (QED) is 0.314. The minimum absolute atomic E-state index is 0.0800. The number of allylic oxidation sites excluding steroid dienone is 1. The number of carbonyl (C=O) groups is 1. The van der Waals surface area contributed by atoms with Crippen LogP contribution in [0.1, 0.15) is 30.9 Å². The molecule has 4 rings (SSSR count). The van der Waals surface area contributed by atoms with E-state index < -0.39 is 34.4 Å². The molecule has 2 N–H and O–H groups in total. The summed E-state index contributed by atoms with van der Waals surface area (Å²) in [5.41, 5.74) is -1.17. The van der Waals surface area contributed by atoms with Crippen LogP contribution in [0.2, 0.25) is 10.0 Å². The number of aromatic hydroxyl groups is 1. The standard InChI is InChI=1S/C19H10Cl2O7.C2H6/c20-8-1-3-13-10(5-8)16(23)15(19(25)26-13)12(7-22)18-17(24)11-6-9(21)2-4-14(11)27-28-18;1-2/h1-7,12,23-24H;1-2H3. The molecule has 1 unspecified atom stereocenters. The fraction of sp³-hybridized carbons (Fsp3) is 0.143. The molecule has 2 heterocycles. The van der Waals surface area contributed by atoms with Gasteiger partial charge in [-0.15, -0.1) is 0 Å². The number of aldehydes is 1. The molecule has 1 aliphatic heterocycles. The highest BCUT2D eigenvalue weighted by Crippen LogP contribution is 2.41. The molecule has 0 bridgehead atoms. The molecule has 30 heavy (non-hydrogen) atoms. The van der Waals surface area contributed by atoms with Crippen LogP contribution in [-0.2, 0) is 9.68 Å². The zero-order valence-corrected chi connectivity index (χ0v) is 17.3. The molecular weight excluding hydrogens is 435 g/mol. The summed E-state index contributed by atoms with van der Waals surface area (Å²) in [6.07, 6.45) is 0.312. The van der Waals surface area contributed by atoms with Gasteiger partial charge in [0.15, 0.2) is 11.5 Å². The first-order valence-electron chi connectivity index (χ1n) is 8.88. The highest BCUT2D eigenvalue weighted by Gasteiger charge is 2.35. The molecule has 2 aromatic carbocycles. The van der Waals surface area contributed by atoms with Gasteiger partial charge in [0.1, 0.15) is 23.5 Å². The van der Waals surface area contributed by atoms with Gasteiger partial charge in [-0.05, 0) is 36.4 Å². The van der Waals surface area contributed by atoms with Crippen molar-refractivity contribution in [1.82, 2.24) is 0 Å². The first kappa shape index (κ1) is 21.5. The molecule has 0 saturated carbocycles. The summed E-state index contributed by atoms with van der Waals surface area (Å²) >= 11 is 11.9. The Morgan fingerprint density at radius 2 is 1.67 bits per heavy atom. The summed E-state index contributed by atoms with van der Waals surface area (Å²) in [6, 6.07) is 8.66. The van der Waals surface area contributed by atoms with Crippen LogP contribution < -0.4 is 10.5 Å². The van der Waals surface area contributed by atoms with E-state index in [-0.39, 0.29) is 27.3 Å². The molecular formula is C21H16Cl2O7. The van der Waals surface area contributed by atoms with Crippen LogP contribution in [0, 0.1) is 0 Å².